The van der Waals surface area contributed by atoms with Crippen LogP contribution in [0.5, 0.6) is 5.75 Å². The molecule has 0 saturated carbocycles. The van der Waals surface area contributed by atoms with Crippen molar-refractivity contribution in [2.24, 2.45) is 0 Å². The second-order valence-corrected chi connectivity index (χ2v) is 4.72. The lowest BCUT2D eigenvalue weighted by molar-refractivity contribution is -0.130. The van der Waals surface area contributed by atoms with Gasteiger partial charge in [-0.25, -0.2) is 0 Å². The normalized spacial score (nSPS) is 12.5. The smallest absolute Gasteiger partial charge is 0.236 e. The second kappa shape index (κ2) is 6.40. The van der Waals surface area contributed by atoms with Gasteiger partial charge in [-0.2, -0.15) is 0 Å². The predicted octanol–water partition coefficient (Wildman–Crippen LogP) is 1.86. The lowest BCUT2D eigenvalue weighted by atomic mass is 10.0. The van der Waals surface area contributed by atoms with E-state index in [4.69, 9.17) is 0 Å². The van der Waals surface area contributed by atoms with Crippen molar-refractivity contribution < 1.29 is 9.90 Å². The summed E-state index contributed by atoms with van der Waals surface area (Å²) in [6, 6.07) is 7.36. The Morgan fingerprint density at radius 2 is 1.78 bits per heavy atom. The number of carbonyl (C=O) groups is 1. The van der Waals surface area contributed by atoms with Crippen molar-refractivity contribution in [3.05, 3.63) is 29.8 Å². The molecule has 1 amide bonds. The number of carbonyl (C=O) groups excluding carboxylic acids is 1. The van der Waals surface area contributed by atoms with Crippen LogP contribution in [0, 0.1) is 0 Å². The maximum atomic E-state index is 11.7. The number of benzene rings is 1. The number of phenols is 1. The topological polar surface area (TPSA) is 43.8 Å². The third-order valence-corrected chi connectivity index (χ3v) is 3.08. The van der Waals surface area contributed by atoms with Crippen LogP contribution >= 0.6 is 0 Å². The van der Waals surface area contributed by atoms with Crippen molar-refractivity contribution in [2.75, 3.05) is 27.7 Å². The average Bonchev–Trinajstić information content (AvgIpc) is 2.32. The third-order valence-electron chi connectivity index (χ3n) is 3.08. The van der Waals surface area contributed by atoms with Crippen LogP contribution in [0.4, 0.5) is 0 Å². The average molecular weight is 250 g/mol. The summed E-state index contributed by atoms with van der Waals surface area (Å²) < 4.78 is 0. The van der Waals surface area contributed by atoms with Gasteiger partial charge in [0.15, 0.2) is 0 Å². The molecule has 1 unspecified atom stereocenters. The molecule has 0 aliphatic heterocycles. The van der Waals surface area contributed by atoms with E-state index >= 15 is 0 Å². The first-order chi connectivity index (χ1) is 8.45. The minimum atomic E-state index is 0.0923. The number of aromatic hydroxyl groups is 1. The summed E-state index contributed by atoms with van der Waals surface area (Å²) in [6.45, 7) is 2.49. The van der Waals surface area contributed by atoms with Crippen LogP contribution in [-0.2, 0) is 4.79 Å². The van der Waals surface area contributed by atoms with E-state index in [9.17, 15) is 9.90 Å². The monoisotopic (exact) mass is 250 g/mol. The zero-order valence-electron chi connectivity index (χ0n) is 11.6. The number of hydrogen-bond acceptors (Lipinski definition) is 3. The lowest BCUT2D eigenvalue weighted by Crippen LogP contribution is -2.36. The summed E-state index contributed by atoms with van der Waals surface area (Å²) in [5.41, 5.74) is 1.12. The van der Waals surface area contributed by atoms with Crippen LogP contribution in [0.2, 0.25) is 0 Å². The molecule has 0 aliphatic carbocycles. The van der Waals surface area contributed by atoms with Crippen molar-refractivity contribution in [2.45, 2.75) is 19.4 Å². The van der Waals surface area contributed by atoms with Crippen LogP contribution < -0.4 is 0 Å². The molecule has 1 aromatic rings. The van der Waals surface area contributed by atoms with Gasteiger partial charge in [0.25, 0.3) is 0 Å². The van der Waals surface area contributed by atoms with Crippen molar-refractivity contribution in [3.8, 4) is 5.75 Å². The molecule has 0 spiro atoms. The molecule has 100 valence electrons. The van der Waals surface area contributed by atoms with Crippen molar-refractivity contribution in [1.82, 2.24) is 9.80 Å². The molecule has 1 aromatic carbocycles. The molecule has 0 fully saturated rings. The molecule has 1 atom stereocenters. The van der Waals surface area contributed by atoms with E-state index in [1.54, 1.807) is 31.1 Å². The number of nitrogens with zero attached hydrogens (tertiary/aromatic N) is 2. The van der Waals surface area contributed by atoms with Gasteiger partial charge < -0.3 is 10.0 Å². The first-order valence-corrected chi connectivity index (χ1v) is 6.15. The molecule has 0 saturated heterocycles. The Kier molecular flexibility index (Phi) is 5.16. The number of hydrogen-bond donors (Lipinski definition) is 1. The predicted molar refractivity (Wildman–Crippen MR) is 72.5 cm³/mol. The van der Waals surface area contributed by atoms with E-state index in [2.05, 4.69) is 6.92 Å². The first-order valence-electron chi connectivity index (χ1n) is 6.15. The van der Waals surface area contributed by atoms with Gasteiger partial charge in [-0.3, -0.25) is 9.69 Å². The number of phenolic OH excluding ortho intramolecular Hbond substituents is 1. The van der Waals surface area contributed by atoms with Gasteiger partial charge in [0.1, 0.15) is 5.75 Å². The summed E-state index contributed by atoms with van der Waals surface area (Å²) in [4.78, 5) is 15.3. The zero-order chi connectivity index (χ0) is 13.7. The first kappa shape index (κ1) is 14.5. The fraction of sp³-hybridized carbons (Fsp3) is 0.500. The summed E-state index contributed by atoms with van der Waals surface area (Å²) >= 11 is 0. The van der Waals surface area contributed by atoms with Gasteiger partial charge in [0, 0.05) is 20.1 Å². The molecule has 0 radical (unpaired) electrons. The van der Waals surface area contributed by atoms with Gasteiger partial charge >= 0.3 is 0 Å². The van der Waals surface area contributed by atoms with Gasteiger partial charge in [-0.1, -0.05) is 19.1 Å². The van der Waals surface area contributed by atoms with Gasteiger partial charge in [0.05, 0.1) is 6.54 Å². The molecule has 4 heteroatoms. The zero-order valence-corrected chi connectivity index (χ0v) is 11.6. The fourth-order valence-corrected chi connectivity index (χ4v) is 1.96. The van der Waals surface area contributed by atoms with Crippen LogP contribution in [0.3, 0.4) is 0 Å². The van der Waals surface area contributed by atoms with Gasteiger partial charge in [0.2, 0.25) is 5.91 Å². The molecule has 1 N–H and O–H groups in total. The molecular weight excluding hydrogens is 228 g/mol. The minimum absolute atomic E-state index is 0.0923. The molecule has 4 nitrogen and oxygen atoms in total. The Hall–Kier alpha value is -1.55. The van der Waals surface area contributed by atoms with Gasteiger partial charge in [-0.05, 0) is 31.2 Å². The van der Waals surface area contributed by atoms with Crippen LogP contribution in [0.15, 0.2) is 24.3 Å². The molecule has 0 bridgehead atoms. The van der Waals surface area contributed by atoms with E-state index in [0.717, 1.165) is 12.0 Å². The van der Waals surface area contributed by atoms with Gasteiger partial charge in [-0.15, -0.1) is 0 Å². The van der Waals surface area contributed by atoms with Crippen LogP contribution in [-0.4, -0.2) is 48.5 Å². The van der Waals surface area contributed by atoms with E-state index in [1.807, 2.05) is 24.1 Å². The summed E-state index contributed by atoms with van der Waals surface area (Å²) in [5, 5.41) is 9.29. The quantitative estimate of drug-likeness (QED) is 0.867. The summed E-state index contributed by atoms with van der Waals surface area (Å²) in [6.07, 6.45) is 0.919. The molecular formula is C14H22N2O2. The molecule has 0 aliphatic rings. The maximum Gasteiger partial charge on any atom is 0.236 e. The van der Waals surface area contributed by atoms with E-state index in [1.165, 1.54) is 0 Å². The number of amides is 1. The Labute approximate surface area is 109 Å². The second-order valence-electron chi connectivity index (χ2n) is 4.72. The van der Waals surface area contributed by atoms with E-state index < -0.39 is 0 Å². The third kappa shape index (κ3) is 3.74. The molecule has 0 heterocycles. The highest BCUT2D eigenvalue weighted by atomic mass is 16.3. The Bertz CT molecular complexity index is 387. The fourth-order valence-electron chi connectivity index (χ4n) is 1.96. The molecule has 0 aromatic heterocycles. The van der Waals surface area contributed by atoms with Crippen molar-refractivity contribution in [1.29, 1.82) is 0 Å². The van der Waals surface area contributed by atoms with Crippen molar-refractivity contribution in [3.63, 3.8) is 0 Å². The highest BCUT2D eigenvalue weighted by molar-refractivity contribution is 5.77. The van der Waals surface area contributed by atoms with Crippen molar-refractivity contribution >= 4 is 5.91 Å². The summed E-state index contributed by atoms with van der Waals surface area (Å²) in [7, 11) is 5.47. The number of likely N-dealkylation sites (N-methyl/N-ethyl adjacent to an activating group) is 2. The highest BCUT2D eigenvalue weighted by Gasteiger charge is 2.18. The molecule has 18 heavy (non-hydrogen) atoms. The van der Waals surface area contributed by atoms with Crippen LogP contribution in [0.25, 0.3) is 0 Å². The largest absolute Gasteiger partial charge is 0.508 e. The Morgan fingerprint density at radius 3 is 2.22 bits per heavy atom. The molecule has 1 rings (SSSR count). The maximum absolute atomic E-state index is 11.7. The highest BCUT2D eigenvalue weighted by Crippen LogP contribution is 2.24. The minimum Gasteiger partial charge on any atom is -0.508 e. The van der Waals surface area contributed by atoms with E-state index in [-0.39, 0.29) is 17.7 Å². The summed E-state index contributed by atoms with van der Waals surface area (Å²) in [5.74, 6) is 0.357. The van der Waals surface area contributed by atoms with E-state index in [0.29, 0.717) is 6.54 Å². The van der Waals surface area contributed by atoms with Crippen LogP contribution in [0.1, 0.15) is 24.9 Å². The lowest BCUT2D eigenvalue weighted by Gasteiger charge is -2.28. The Morgan fingerprint density at radius 1 is 1.22 bits per heavy atom. The Balaban J connectivity index is 2.76. The SMILES string of the molecule is CCC(c1ccc(O)cc1)N(C)CC(=O)N(C)C. The standard InChI is InChI=1S/C14H22N2O2/c1-5-13(11-6-8-12(17)9-7-11)16(4)10-14(18)15(2)3/h6-9,13,17H,5,10H2,1-4H3. The number of rotatable bonds is 5.